The number of hydrogen-bond acceptors (Lipinski definition) is 7. The number of pyridine rings is 1. The van der Waals surface area contributed by atoms with Gasteiger partial charge in [-0.2, -0.15) is 0 Å². The quantitative estimate of drug-likeness (QED) is 0.585. The van der Waals surface area contributed by atoms with Gasteiger partial charge in [0.25, 0.3) is 0 Å². The number of carbonyl (C=O) groups is 2. The molecule has 0 aliphatic carbocycles. The fourth-order valence-corrected chi connectivity index (χ4v) is 5.39. The zero-order valence-corrected chi connectivity index (χ0v) is 21.8. The topological polar surface area (TPSA) is 96.0 Å². The number of hydrogen-bond donors (Lipinski definition) is 2. The van der Waals surface area contributed by atoms with E-state index in [1.807, 2.05) is 29.2 Å². The molecule has 2 amide bonds. The third kappa shape index (κ3) is 6.90. The van der Waals surface area contributed by atoms with Gasteiger partial charge in [-0.25, -0.2) is 0 Å². The van der Waals surface area contributed by atoms with Crippen LogP contribution in [-0.4, -0.2) is 74.2 Å². The number of piperidine rings is 1. The molecule has 2 fully saturated rings. The molecule has 2 bridgehead atoms. The van der Waals surface area contributed by atoms with Crippen molar-refractivity contribution in [2.45, 2.75) is 25.9 Å². The zero-order valence-electron chi connectivity index (χ0n) is 21.8. The van der Waals surface area contributed by atoms with Gasteiger partial charge in [-0.1, -0.05) is 12.2 Å². The lowest BCUT2D eigenvalue weighted by Crippen LogP contribution is -2.47. The van der Waals surface area contributed by atoms with Crippen LogP contribution < -0.4 is 20.3 Å². The van der Waals surface area contributed by atoms with E-state index < -0.39 is 0 Å². The summed E-state index contributed by atoms with van der Waals surface area (Å²) in [6.45, 7) is 6.25. The van der Waals surface area contributed by atoms with Crippen molar-refractivity contribution in [3.8, 4) is 5.75 Å². The van der Waals surface area contributed by atoms with E-state index in [-0.39, 0.29) is 30.2 Å². The summed E-state index contributed by atoms with van der Waals surface area (Å²) in [5.74, 6) is 1.23. The van der Waals surface area contributed by atoms with Gasteiger partial charge < -0.3 is 29.9 Å². The van der Waals surface area contributed by atoms with Gasteiger partial charge >= 0.3 is 0 Å². The van der Waals surface area contributed by atoms with E-state index in [1.54, 1.807) is 12.4 Å². The van der Waals surface area contributed by atoms with Crippen molar-refractivity contribution >= 4 is 17.5 Å². The number of carbonyl (C=O) groups excluding carboxylic acids is 2. The van der Waals surface area contributed by atoms with Crippen molar-refractivity contribution in [2.75, 3.05) is 57.4 Å². The molecule has 4 heterocycles. The highest BCUT2D eigenvalue weighted by Gasteiger charge is 2.31. The molecule has 2 aromatic rings. The summed E-state index contributed by atoms with van der Waals surface area (Å²) in [4.78, 5) is 34.0. The Balaban J connectivity index is 1.24. The zero-order chi connectivity index (χ0) is 26.2. The van der Waals surface area contributed by atoms with Crippen molar-refractivity contribution < 1.29 is 19.1 Å². The monoisotopic (exact) mass is 519 g/mol. The maximum atomic E-state index is 13.0. The Morgan fingerprint density at radius 1 is 1.08 bits per heavy atom. The number of nitrogens with zero attached hydrogens (tertiary/aromatic N) is 3. The summed E-state index contributed by atoms with van der Waals surface area (Å²) < 4.78 is 11.6. The van der Waals surface area contributed by atoms with E-state index >= 15 is 0 Å². The molecule has 9 nitrogen and oxygen atoms in total. The molecule has 5 rings (SSSR count). The first-order valence-corrected chi connectivity index (χ1v) is 13.5. The largest absolute Gasteiger partial charge is 0.489 e. The van der Waals surface area contributed by atoms with Gasteiger partial charge in [-0.15, -0.1) is 0 Å². The maximum absolute atomic E-state index is 13.0. The molecule has 3 aliphatic rings. The van der Waals surface area contributed by atoms with Crippen LogP contribution in [-0.2, 0) is 27.4 Å². The van der Waals surface area contributed by atoms with E-state index in [2.05, 4.69) is 38.7 Å². The van der Waals surface area contributed by atoms with Crippen LogP contribution in [0.5, 0.6) is 5.75 Å². The van der Waals surface area contributed by atoms with Crippen molar-refractivity contribution in [1.82, 2.24) is 20.5 Å². The number of nitrogens with one attached hydrogen (secondary N) is 2. The SMILES string of the molecule is O=C(C[C@@H]1CCN2C[C@@H]1/C=C/COc1ccc(N3CCOCC3)cc1CNCC2=O)NCc1ccncc1. The van der Waals surface area contributed by atoms with Gasteiger partial charge in [0.2, 0.25) is 11.8 Å². The summed E-state index contributed by atoms with van der Waals surface area (Å²) in [6, 6.07) is 10.1. The normalized spacial score (nSPS) is 23.2. The molecule has 9 heteroatoms. The predicted molar refractivity (Wildman–Crippen MR) is 145 cm³/mol. The molecule has 2 atom stereocenters. The minimum absolute atomic E-state index is 0.0332. The first-order valence-electron chi connectivity index (χ1n) is 13.5. The smallest absolute Gasteiger partial charge is 0.236 e. The van der Waals surface area contributed by atoms with Gasteiger partial charge in [0, 0.05) is 69.3 Å². The number of benzene rings is 1. The number of ether oxygens (including phenoxy) is 2. The second-order valence-electron chi connectivity index (χ2n) is 10.1. The summed E-state index contributed by atoms with van der Waals surface area (Å²) >= 11 is 0. The summed E-state index contributed by atoms with van der Waals surface area (Å²) in [5, 5.41) is 6.36. The molecule has 38 heavy (non-hydrogen) atoms. The van der Waals surface area contributed by atoms with Crippen LogP contribution in [0.3, 0.4) is 0 Å². The maximum Gasteiger partial charge on any atom is 0.236 e. The van der Waals surface area contributed by atoms with Crippen LogP contribution in [0.25, 0.3) is 0 Å². The van der Waals surface area contributed by atoms with Gasteiger partial charge in [0.15, 0.2) is 0 Å². The number of amides is 2. The average molecular weight is 520 g/mol. The fraction of sp³-hybridized carbons (Fsp3) is 0.483. The van der Waals surface area contributed by atoms with Crippen LogP contribution in [0.15, 0.2) is 54.9 Å². The number of morpholine rings is 1. The molecule has 1 aromatic carbocycles. The molecule has 3 aliphatic heterocycles. The highest BCUT2D eigenvalue weighted by atomic mass is 16.5. The van der Waals surface area contributed by atoms with E-state index in [0.29, 0.717) is 39.2 Å². The molecule has 0 unspecified atom stereocenters. The minimum atomic E-state index is 0.0332. The Morgan fingerprint density at radius 2 is 1.92 bits per heavy atom. The number of aromatic nitrogens is 1. The second kappa shape index (κ2) is 12.9. The lowest BCUT2D eigenvalue weighted by atomic mass is 9.82. The Morgan fingerprint density at radius 3 is 2.76 bits per heavy atom. The average Bonchev–Trinajstić information content (AvgIpc) is 2.97. The van der Waals surface area contributed by atoms with Crippen LogP contribution >= 0.6 is 0 Å². The molecule has 1 aromatic heterocycles. The molecular formula is C29H37N5O4. The van der Waals surface area contributed by atoms with Crippen LogP contribution in [0.1, 0.15) is 24.0 Å². The molecule has 0 radical (unpaired) electrons. The van der Waals surface area contributed by atoms with Gasteiger partial charge in [-0.05, 0) is 54.2 Å². The second-order valence-corrected chi connectivity index (χ2v) is 10.1. The fourth-order valence-electron chi connectivity index (χ4n) is 5.39. The summed E-state index contributed by atoms with van der Waals surface area (Å²) in [7, 11) is 0. The van der Waals surface area contributed by atoms with Crippen molar-refractivity contribution in [2.24, 2.45) is 11.8 Å². The number of fused-ring (bicyclic) bond motifs is 3. The van der Waals surface area contributed by atoms with Crippen molar-refractivity contribution in [1.29, 1.82) is 0 Å². The first kappa shape index (κ1) is 26.2. The third-order valence-corrected chi connectivity index (χ3v) is 7.58. The van der Waals surface area contributed by atoms with E-state index in [0.717, 1.165) is 55.3 Å². The third-order valence-electron chi connectivity index (χ3n) is 7.58. The van der Waals surface area contributed by atoms with Crippen LogP contribution in [0.4, 0.5) is 5.69 Å². The standard InChI is InChI=1S/C29H37N5O4/c35-28(32-18-22-5-8-30-9-6-22)17-23-7-10-34-21-24(23)2-1-13-38-27-4-3-26(33-11-14-37-15-12-33)16-25(27)19-31-20-29(34)36/h1-6,8-9,16,23-24,31H,7,10-15,17-21H2,(H,32,35)/b2-1+/t23-,24-/m0/s1. The van der Waals surface area contributed by atoms with Gasteiger partial charge in [0.05, 0.1) is 19.8 Å². The lowest BCUT2D eigenvalue weighted by molar-refractivity contribution is -0.132. The lowest BCUT2D eigenvalue weighted by Gasteiger charge is -2.37. The van der Waals surface area contributed by atoms with Crippen molar-refractivity contribution in [3.05, 3.63) is 66.0 Å². The van der Waals surface area contributed by atoms with E-state index in [4.69, 9.17) is 9.47 Å². The summed E-state index contributed by atoms with van der Waals surface area (Å²) in [6.07, 6.45) is 8.86. The highest BCUT2D eigenvalue weighted by Crippen LogP contribution is 2.29. The van der Waals surface area contributed by atoms with Gasteiger partial charge in [-0.3, -0.25) is 14.6 Å². The predicted octanol–water partition coefficient (Wildman–Crippen LogP) is 2.13. The van der Waals surface area contributed by atoms with Crippen LogP contribution in [0, 0.1) is 11.8 Å². The van der Waals surface area contributed by atoms with E-state index in [1.165, 1.54) is 0 Å². The molecular weight excluding hydrogens is 482 g/mol. The van der Waals surface area contributed by atoms with Crippen LogP contribution in [0.2, 0.25) is 0 Å². The Bertz CT molecular complexity index is 1120. The van der Waals surface area contributed by atoms with E-state index in [9.17, 15) is 9.59 Å². The summed E-state index contributed by atoms with van der Waals surface area (Å²) in [5.41, 5.74) is 3.21. The Hall–Kier alpha value is -3.43. The first-order chi connectivity index (χ1) is 18.7. The molecule has 2 N–H and O–H groups in total. The molecule has 0 saturated carbocycles. The highest BCUT2D eigenvalue weighted by molar-refractivity contribution is 5.79. The van der Waals surface area contributed by atoms with Gasteiger partial charge in [0.1, 0.15) is 12.4 Å². The minimum Gasteiger partial charge on any atom is -0.489 e. The molecule has 2 saturated heterocycles. The Kier molecular flexibility index (Phi) is 8.88. The molecule has 0 spiro atoms. The molecule has 202 valence electrons. The van der Waals surface area contributed by atoms with Crippen molar-refractivity contribution in [3.63, 3.8) is 0 Å². The Labute approximate surface area is 224 Å². The number of anilines is 1. The number of rotatable bonds is 5.